The van der Waals surface area contributed by atoms with Gasteiger partial charge in [0.25, 0.3) is 15.7 Å². The fourth-order valence-electron chi connectivity index (χ4n) is 1.68. The van der Waals surface area contributed by atoms with Crippen molar-refractivity contribution in [3.05, 3.63) is 46.4 Å². The number of carbonyl (C=O) groups excluding carboxylic acids is 1. The standard InChI is InChI=1S/C13H11F3N2O3S2/c14-13(15,16)23(20,21)10-3-1-9(2-4-10)12(19)18-6-5-11-17-7-8-22-11/h1-4,7-8H,5-6H2,(H,18,19). The zero-order chi connectivity index (χ0) is 17.1. The molecule has 0 bridgehead atoms. The Hall–Kier alpha value is -1.94. The molecule has 1 heterocycles. The number of nitrogens with zero attached hydrogens (tertiary/aromatic N) is 1. The molecule has 0 unspecified atom stereocenters. The normalized spacial score (nSPS) is 12.1. The molecule has 0 fully saturated rings. The van der Waals surface area contributed by atoms with E-state index in [1.807, 2.05) is 0 Å². The van der Waals surface area contributed by atoms with Crippen LogP contribution in [-0.4, -0.2) is 31.4 Å². The van der Waals surface area contributed by atoms with Crippen LogP contribution >= 0.6 is 11.3 Å². The number of alkyl halides is 3. The van der Waals surface area contributed by atoms with Crippen LogP contribution in [0.15, 0.2) is 40.7 Å². The van der Waals surface area contributed by atoms with Crippen LogP contribution in [0.2, 0.25) is 0 Å². The van der Waals surface area contributed by atoms with Gasteiger partial charge in [-0.25, -0.2) is 13.4 Å². The molecule has 0 aliphatic heterocycles. The maximum atomic E-state index is 12.4. The second-order valence-corrected chi connectivity index (χ2v) is 7.33. The van der Waals surface area contributed by atoms with E-state index in [2.05, 4.69) is 10.3 Å². The molecule has 23 heavy (non-hydrogen) atoms. The number of hydrogen-bond donors (Lipinski definition) is 1. The minimum atomic E-state index is -5.40. The van der Waals surface area contributed by atoms with Gasteiger partial charge < -0.3 is 5.32 Å². The Bertz CT molecular complexity index is 770. The Morgan fingerprint density at radius 1 is 1.22 bits per heavy atom. The van der Waals surface area contributed by atoms with Crippen molar-refractivity contribution in [2.75, 3.05) is 6.54 Å². The van der Waals surface area contributed by atoms with Crippen LogP contribution in [0.3, 0.4) is 0 Å². The lowest BCUT2D eigenvalue weighted by Crippen LogP contribution is -2.26. The summed E-state index contributed by atoms with van der Waals surface area (Å²) >= 11 is 1.44. The molecule has 1 N–H and O–H groups in total. The average molecular weight is 364 g/mol. The second kappa shape index (κ2) is 6.67. The molecular formula is C13H11F3N2O3S2. The summed E-state index contributed by atoms with van der Waals surface area (Å²) < 4.78 is 59.6. The van der Waals surface area contributed by atoms with Gasteiger partial charge in [-0.15, -0.1) is 11.3 Å². The number of hydrogen-bond acceptors (Lipinski definition) is 5. The first-order valence-corrected chi connectivity index (χ1v) is 8.66. The lowest BCUT2D eigenvalue weighted by Gasteiger charge is -2.09. The van der Waals surface area contributed by atoms with Crippen molar-refractivity contribution < 1.29 is 26.4 Å². The summed E-state index contributed by atoms with van der Waals surface area (Å²) in [6.45, 7) is 0.314. The van der Waals surface area contributed by atoms with E-state index < -0.39 is 26.1 Å². The van der Waals surface area contributed by atoms with Gasteiger partial charge in [-0.1, -0.05) is 0 Å². The highest BCUT2D eigenvalue weighted by Gasteiger charge is 2.46. The number of aromatic nitrogens is 1. The average Bonchev–Trinajstić information content (AvgIpc) is 2.99. The van der Waals surface area contributed by atoms with E-state index in [-0.39, 0.29) is 5.56 Å². The van der Waals surface area contributed by atoms with E-state index >= 15 is 0 Å². The predicted octanol–water partition coefficient (Wildman–Crippen LogP) is 2.41. The van der Waals surface area contributed by atoms with E-state index in [0.29, 0.717) is 13.0 Å². The predicted molar refractivity (Wildman–Crippen MR) is 77.8 cm³/mol. The molecule has 1 aromatic carbocycles. The number of halogens is 3. The van der Waals surface area contributed by atoms with Gasteiger partial charge in [-0.2, -0.15) is 13.2 Å². The molecule has 2 aromatic rings. The van der Waals surface area contributed by atoms with Gasteiger partial charge in [-0.05, 0) is 24.3 Å². The lowest BCUT2D eigenvalue weighted by atomic mass is 10.2. The summed E-state index contributed by atoms with van der Waals surface area (Å²) in [5.74, 6) is -0.502. The first-order chi connectivity index (χ1) is 10.7. The highest BCUT2D eigenvalue weighted by Crippen LogP contribution is 2.30. The van der Waals surface area contributed by atoms with E-state index in [9.17, 15) is 26.4 Å². The Balaban J connectivity index is 2.00. The highest BCUT2D eigenvalue weighted by molar-refractivity contribution is 7.92. The topological polar surface area (TPSA) is 76.1 Å². The van der Waals surface area contributed by atoms with Gasteiger partial charge in [0.05, 0.1) is 9.90 Å². The molecule has 10 heteroatoms. The number of thiazole rings is 1. The Labute approximate surface area is 134 Å². The number of amides is 1. The molecule has 0 atom stereocenters. The van der Waals surface area contributed by atoms with E-state index in [1.165, 1.54) is 11.3 Å². The number of nitrogens with one attached hydrogen (secondary N) is 1. The quantitative estimate of drug-likeness (QED) is 0.884. The van der Waals surface area contributed by atoms with Gasteiger partial charge in [0.15, 0.2) is 0 Å². The smallest absolute Gasteiger partial charge is 0.352 e. The zero-order valence-corrected chi connectivity index (χ0v) is 13.1. The van der Waals surface area contributed by atoms with Gasteiger partial charge in [0.2, 0.25) is 0 Å². The van der Waals surface area contributed by atoms with Crippen molar-refractivity contribution in [3.63, 3.8) is 0 Å². The van der Waals surface area contributed by atoms with Crippen LogP contribution in [0.4, 0.5) is 13.2 Å². The number of rotatable bonds is 5. The van der Waals surface area contributed by atoms with E-state index in [4.69, 9.17) is 0 Å². The molecule has 5 nitrogen and oxygen atoms in total. The molecule has 0 saturated heterocycles. The van der Waals surface area contributed by atoms with Gasteiger partial charge in [0.1, 0.15) is 0 Å². The molecule has 0 radical (unpaired) electrons. The fraction of sp³-hybridized carbons (Fsp3) is 0.231. The molecular weight excluding hydrogens is 353 g/mol. The summed E-state index contributed by atoms with van der Waals surface area (Å²) in [5.41, 5.74) is -5.30. The zero-order valence-electron chi connectivity index (χ0n) is 11.5. The third-order valence-electron chi connectivity index (χ3n) is 2.84. The molecule has 0 aliphatic carbocycles. The second-order valence-electron chi connectivity index (χ2n) is 4.41. The Morgan fingerprint density at radius 3 is 2.39 bits per heavy atom. The van der Waals surface area contributed by atoms with E-state index in [1.54, 1.807) is 11.6 Å². The van der Waals surface area contributed by atoms with Gasteiger partial charge in [0, 0.05) is 30.1 Å². The molecule has 0 spiro atoms. The van der Waals surface area contributed by atoms with Crippen LogP contribution in [0.25, 0.3) is 0 Å². The van der Waals surface area contributed by atoms with Gasteiger partial charge >= 0.3 is 5.51 Å². The molecule has 1 amide bonds. The summed E-state index contributed by atoms with van der Waals surface area (Å²) in [5, 5.41) is 5.23. The SMILES string of the molecule is O=C(NCCc1nccs1)c1ccc(S(=O)(=O)C(F)(F)F)cc1. The first-order valence-electron chi connectivity index (χ1n) is 6.30. The van der Waals surface area contributed by atoms with Crippen molar-refractivity contribution in [1.29, 1.82) is 0 Å². The van der Waals surface area contributed by atoms with Crippen molar-refractivity contribution in [2.24, 2.45) is 0 Å². The van der Waals surface area contributed by atoms with Crippen LogP contribution in [0, 0.1) is 0 Å². The fourth-order valence-corrected chi connectivity index (χ4v) is 3.06. The van der Waals surface area contributed by atoms with Crippen molar-refractivity contribution >= 4 is 27.1 Å². The molecule has 0 aliphatic rings. The Kier molecular flexibility index (Phi) is 5.05. The monoisotopic (exact) mass is 364 g/mol. The number of carbonyl (C=O) groups is 1. The molecule has 0 saturated carbocycles. The van der Waals surface area contributed by atoms with Crippen LogP contribution < -0.4 is 5.32 Å². The minimum Gasteiger partial charge on any atom is -0.352 e. The largest absolute Gasteiger partial charge is 0.501 e. The maximum Gasteiger partial charge on any atom is 0.501 e. The maximum absolute atomic E-state index is 12.4. The van der Waals surface area contributed by atoms with Crippen LogP contribution in [0.5, 0.6) is 0 Å². The molecule has 124 valence electrons. The van der Waals surface area contributed by atoms with Crippen molar-refractivity contribution in [1.82, 2.24) is 10.3 Å². The summed E-state index contributed by atoms with van der Waals surface area (Å²) in [6, 6.07) is 3.60. The van der Waals surface area contributed by atoms with E-state index in [0.717, 1.165) is 29.3 Å². The third kappa shape index (κ3) is 4.08. The minimum absolute atomic E-state index is 0.0743. The lowest BCUT2D eigenvalue weighted by molar-refractivity contribution is -0.0436. The van der Waals surface area contributed by atoms with Crippen molar-refractivity contribution in [3.8, 4) is 0 Å². The molecule has 2 rings (SSSR count). The van der Waals surface area contributed by atoms with Crippen molar-refractivity contribution in [2.45, 2.75) is 16.8 Å². The highest BCUT2D eigenvalue weighted by atomic mass is 32.2. The number of benzene rings is 1. The summed E-state index contributed by atoms with van der Waals surface area (Å²) in [4.78, 5) is 15.0. The first kappa shape index (κ1) is 17.4. The Morgan fingerprint density at radius 2 is 1.87 bits per heavy atom. The molecule has 1 aromatic heterocycles. The summed E-state index contributed by atoms with van der Waals surface area (Å²) in [6.07, 6.45) is 2.17. The third-order valence-corrected chi connectivity index (χ3v) is 5.18. The van der Waals surface area contributed by atoms with Gasteiger partial charge in [-0.3, -0.25) is 4.79 Å². The summed E-state index contributed by atoms with van der Waals surface area (Å²) in [7, 11) is -5.40. The van der Waals surface area contributed by atoms with Crippen LogP contribution in [0.1, 0.15) is 15.4 Å². The van der Waals surface area contributed by atoms with Crippen LogP contribution in [-0.2, 0) is 16.3 Å². The number of sulfone groups is 1.